The lowest BCUT2D eigenvalue weighted by Crippen LogP contribution is -2.35. The number of benzene rings is 2. The van der Waals surface area contributed by atoms with E-state index in [0.29, 0.717) is 32.9 Å². The number of amides is 1. The molecule has 1 saturated carbocycles. The lowest BCUT2D eigenvalue weighted by atomic mass is 9.94. The molecule has 6 aromatic rings. The van der Waals surface area contributed by atoms with E-state index in [4.69, 9.17) is 16.6 Å². The first kappa shape index (κ1) is 35.8. The average molecular weight is 792 g/mol. The lowest BCUT2D eigenvalue weighted by molar-refractivity contribution is -0.123. The summed E-state index contributed by atoms with van der Waals surface area (Å²) in [5, 5.41) is 11.2. The second-order valence-corrected chi connectivity index (χ2v) is 15.8. The van der Waals surface area contributed by atoms with Crippen LogP contribution in [0.15, 0.2) is 42.7 Å². The van der Waals surface area contributed by atoms with Gasteiger partial charge in [-0.05, 0) is 42.2 Å². The minimum absolute atomic E-state index is 0.0715. The first-order valence-corrected chi connectivity index (χ1v) is 18.7. The molecule has 20 heteroatoms. The van der Waals surface area contributed by atoms with E-state index in [1.165, 1.54) is 17.1 Å². The van der Waals surface area contributed by atoms with E-state index in [0.717, 1.165) is 18.4 Å². The van der Waals surface area contributed by atoms with Crippen LogP contribution in [0.25, 0.3) is 33.2 Å². The molecule has 4 heterocycles. The highest BCUT2D eigenvalue weighted by Gasteiger charge is 2.71. The average Bonchev–Trinajstić information content (AvgIpc) is 3.43. The predicted molar refractivity (Wildman–Crippen MR) is 184 cm³/mol. The summed E-state index contributed by atoms with van der Waals surface area (Å²) in [7, 11) is -2.26. The number of carbonyl (C=O) groups is 1. The van der Waals surface area contributed by atoms with Gasteiger partial charge < -0.3 is 10.3 Å². The van der Waals surface area contributed by atoms with Crippen molar-refractivity contribution in [2.75, 3.05) is 11.0 Å². The van der Waals surface area contributed by atoms with E-state index >= 15 is 8.78 Å². The molecule has 0 bridgehead atoms. The Morgan fingerprint density at radius 3 is 2.48 bits per heavy atom. The van der Waals surface area contributed by atoms with Crippen molar-refractivity contribution < 1.29 is 39.6 Å². The maximum atomic E-state index is 15.6. The molecule has 1 fully saturated rings. The number of aromatic nitrogens is 7. The number of alkyl halides is 4. The molecule has 2 aliphatic carbocycles. The smallest absolute Gasteiger partial charge is 0.293 e. The van der Waals surface area contributed by atoms with Crippen molar-refractivity contribution in [3.8, 4) is 11.1 Å². The van der Waals surface area contributed by atoms with Gasteiger partial charge in [0.15, 0.2) is 11.5 Å². The Kier molecular flexibility index (Phi) is 8.26. The third-order valence-electron chi connectivity index (χ3n) is 9.94. The molecule has 0 saturated heterocycles. The number of halogens is 7. The number of fused-ring (bicyclic) bond motifs is 5. The summed E-state index contributed by atoms with van der Waals surface area (Å²) < 4.78 is 117. The number of sulfonamides is 1. The Morgan fingerprint density at radius 2 is 1.80 bits per heavy atom. The van der Waals surface area contributed by atoms with Crippen molar-refractivity contribution in [1.82, 2.24) is 39.8 Å². The van der Waals surface area contributed by atoms with Crippen LogP contribution in [0.3, 0.4) is 0 Å². The van der Waals surface area contributed by atoms with Crippen LogP contribution in [0.2, 0.25) is 5.02 Å². The third kappa shape index (κ3) is 5.93. The van der Waals surface area contributed by atoms with Crippen LogP contribution in [0.1, 0.15) is 53.5 Å². The highest BCUT2D eigenvalue weighted by molar-refractivity contribution is 7.92. The monoisotopic (exact) mass is 791 g/mol. The van der Waals surface area contributed by atoms with Gasteiger partial charge >= 0.3 is 0 Å². The number of aryl methyl sites for hydroxylation is 1. The van der Waals surface area contributed by atoms with Crippen molar-refractivity contribution >= 4 is 55.4 Å². The van der Waals surface area contributed by atoms with E-state index in [-0.39, 0.29) is 45.1 Å². The second kappa shape index (κ2) is 12.4. The van der Waals surface area contributed by atoms with Gasteiger partial charge in [-0.25, -0.2) is 35.9 Å². The minimum Gasteiger partial charge on any atom is -0.346 e. The largest absolute Gasteiger partial charge is 0.346 e. The molecule has 2 aromatic carbocycles. The molecule has 0 spiro atoms. The SMILES string of the molecule is C[C@@H]1[C@@H]2c3c(C(F)F)nn(CC(=O)NC(Cc4cc(F)cc(F)c4)c4nc5nc[nH]c5cc4-c4ccc(Cl)c5c(NS(C)(=O)=O)nn(C)c45)c3C(F)(F)[C@H]12. The molecule has 4 atom stereocenters. The maximum Gasteiger partial charge on any atom is 0.293 e. The highest BCUT2D eigenvalue weighted by Crippen LogP contribution is 2.71. The predicted octanol–water partition coefficient (Wildman–Crippen LogP) is 6.50. The zero-order valence-electron chi connectivity index (χ0n) is 28.3. The zero-order valence-corrected chi connectivity index (χ0v) is 29.9. The Bertz CT molecular complexity index is 2620. The van der Waals surface area contributed by atoms with Gasteiger partial charge in [-0.3, -0.25) is 18.9 Å². The van der Waals surface area contributed by atoms with E-state index in [1.54, 1.807) is 26.1 Å². The fourth-order valence-corrected chi connectivity index (χ4v) is 8.57. The standard InChI is InChI=1S/C34H28ClF6N9O3S/c1-13-23-25-28(31(38)39)46-50(30(25)34(40,41)26(13)23)11-22(51)44-20(8-14-6-15(36)9-16(37)7-14)27-18(10-21-32(45-27)43-12-42-21)17-4-5-19(35)24-29(17)49(2)47-33(24)48-54(3,52)53/h4-7,9-10,12-13,20,23,26,31H,8,11H2,1-3H3,(H,44,51)(H,47,48)(H,42,43,45)/t13-,20?,23-,26-/m1/s1. The number of hydrogen-bond acceptors (Lipinski definition) is 7. The van der Waals surface area contributed by atoms with Crippen LogP contribution in [-0.2, 0) is 40.8 Å². The summed E-state index contributed by atoms with van der Waals surface area (Å²) in [5.41, 5.74) is 0.0150. The number of rotatable bonds is 10. The Hall–Kier alpha value is -5.17. The van der Waals surface area contributed by atoms with Gasteiger partial charge in [0.1, 0.15) is 29.6 Å². The van der Waals surface area contributed by atoms with Gasteiger partial charge in [0.2, 0.25) is 15.9 Å². The first-order valence-electron chi connectivity index (χ1n) is 16.4. The molecule has 0 aliphatic heterocycles. The maximum absolute atomic E-state index is 15.6. The van der Waals surface area contributed by atoms with Crippen LogP contribution in [0.4, 0.5) is 32.2 Å². The van der Waals surface area contributed by atoms with Crippen molar-refractivity contribution in [2.45, 2.75) is 44.2 Å². The third-order valence-corrected chi connectivity index (χ3v) is 10.8. The number of nitrogens with zero attached hydrogens (tertiary/aromatic N) is 6. The second-order valence-electron chi connectivity index (χ2n) is 13.6. The van der Waals surface area contributed by atoms with E-state index in [9.17, 15) is 30.8 Å². The quantitative estimate of drug-likeness (QED) is 0.134. The van der Waals surface area contributed by atoms with Gasteiger partial charge in [0.05, 0.1) is 45.8 Å². The number of pyridine rings is 1. The molecule has 12 nitrogen and oxygen atoms in total. The number of aromatic amines is 1. The number of hydrogen-bond donors (Lipinski definition) is 3. The highest BCUT2D eigenvalue weighted by atomic mass is 35.5. The lowest BCUT2D eigenvalue weighted by Gasteiger charge is -2.23. The molecular weight excluding hydrogens is 764 g/mol. The normalized spacial score (nSPS) is 19.4. The summed E-state index contributed by atoms with van der Waals surface area (Å²) >= 11 is 6.57. The van der Waals surface area contributed by atoms with Crippen LogP contribution in [-0.4, -0.2) is 55.1 Å². The van der Waals surface area contributed by atoms with Gasteiger partial charge in [-0.15, -0.1) is 0 Å². The van der Waals surface area contributed by atoms with E-state index in [1.807, 2.05) is 0 Å². The number of imidazole rings is 1. The molecule has 1 unspecified atom stereocenters. The number of nitrogens with one attached hydrogen (secondary N) is 3. The van der Waals surface area contributed by atoms with Crippen molar-refractivity contribution in [2.24, 2.45) is 18.9 Å². The molecular formula is C34H28ClF6N9O3S. The van der Waals surface area contributed by atoms with Crippen molar-refractivity contribution in [1.29, 1.82) is 0 Å². The zero-order chi connectivity index (χ0) is 38.6. The van der Waals surface area contributed by atoms with Gasteiger partial charge in [-0.1, -0.05) is 24.6 Å². The molecule has 54 heavy (non-hydrogen) atoms. The van der Waals surface area contributed by atoms with Crippen molar-refractivity contribution in [3.63, 3.8) is 0 Å². The Balaban J connectivity index is 1.26. The molecule has 4 aromatic heterocycles. The van der Waals surface area contributed by atoms with E-state index < -0.39 is 81.6 Å². The van der Waals surface area contributed by atoms with Gasteiger partial charge in [0, 0.05) is 41.6 Å². The number of H-pyrrole nitrogens is 1. The fourth-order valence-electron chi connectivity index (χ4n) is 7.83. The number of carbonyl (C=O) groups excluding carboxylic acids is 1. The Morgan fingerprint density at radius 1 is 1.07 bits per heavy atom. The van der Waals surface area contributed by atoms with Crippen molar-refractivity contribution in [3.05, 3.63) is 87.6 Å². The fraction of sp³-hybridized carbons (Fsp3) is 0.324. The summed E-state index contributed by atoms with van der Waals surface area (Å²) in [5.74, 6) is -8.87. The Labute approximate surface area is 307 Å². The minimum atomic E-state index is -3.81. The van der Waals surface area contributed by atoms with E-state index in [2.05, 4.69) is 30.2 Å². The van der Waals surface area contributed by atoms with Gasteiger partial charge in [-0.2, -0.15) is 19.0 Å². The molecule has 0 radical (unpaired) electrons. The first-order chi connectivity index (χ1) is 25.4. The van der Waals surface area contributed by atoms with Crippen LogP contribution < -0.4 is 10.0 Å². The molecule has 1 amide bonds. The van der Waals surface area contributed by atoms with Crippen LogP contribution in [0.5, 0.6) is 0 Å². The number of anilines is 1. The molecule has 3 N–H and O–H groups in total. The van der Waals surface area contributed by atoms with Gasteiger partial charge in [0.25, 0.3) is 12.3 Å². The summed E-state index contributed by atoms with van der Waals surface area (Å²) in [6, 6.07) is 6.23. The summed E-state index contributed by atoms with van der Waals surface area (Å²) in [4.78, 5) is 25.8. The van der Waals surface area contributed by atoms with Crippen LogP contribution in [0, 0.1) is 23.5 Å². The summed E-state index contributed by atoms with van der Waals surface area (Å²) in [6.07, 6.45) is -1.15. The van der Waals surface area contributed by atoms with Crippen LogP contribution >= 0.6 is 11.6 Å². The topological polar surface area (TPSA) is 152 Å². The summed E-state index contributed by atoms with van der Waals surface area (Å²) in [6.45, 7) is 0.662. The molecule has 2 aliphatic rings. The molecule has 282 valence electrons. The molecule has 8 rings (SSSR count).